The molecule has 3 unspecified atom stereocenters. The zero-order valence-electron chi connectivity index (χ0n) is 19.8. The van der Waals surface area contributed by atoms with Crippen LogP contribution >= 0.6 is 23.5 Å². The second-order valence-corrected chi connectivity index (χ2v) is 12.1. The SMILES string of the molecule is NC(=O)NCCC(Sc1nnn[nH]1)C1=C(C(=O)O)N2C(=O)C(NC(=O)C(c3ccccc3)S(=O)(=O)O)[C@@H]2SC1. The monoisotopic (exact) mass is 598 g/mol. The first-order valence-electron chi connectivity index (χ1n) is 11.1. The van der Waals surface area contributed by atoms with Gasteiger partial charge in [-0.2, -0.15) is 8.42 Å². The van der Waals surface area contributed by atoms with Gasteiger partial charge in [-0.1, -0.05) is 42.1 Å². The Morgan fingerprint density at radius 3 is 2.59 bits per heavy atom. The van der Waals surface area contributed by atoms with Gasteiger partial charge in [-0.25, -0.2) is 14.7 Å². The number of hydrogen-bond donors (Lipinski definition) is 6. The Hall–Kier alpha value is -3.68. The third kappa shape index (κ3) is 6.15. The van der Waals surface area contributed by atoms with Crippen molar-refractivity contribution in [3.63, 3.8) is 0 Å². The number of fused-ring (bicyclic) bond motifs is 1. The highest BCUT2D eigenvalue weighted by molar-refractivity contribution is 8.01. The molecule has 4 rings (SSSR count). The predicted octanol–water partition coefficient (Wildman–Crippen LogP) is -0.913. The smallest absolute Gasteiger partial charge is 0.352 e. The number of H-pyrrole nitrogens is 1. The summed E-state index contributed by atoms with van der Waals surface area (Å²) in [6, 6.07) is 5.26. The molecular weight excluding hydrogens is 576 g/mol. The van der Waals surface area contributed by atoms with Crippen LogP contribution in [0.4, 0.5) is 4.79 Å². The Morgan fingerprint density at radius 1 is 1.28 bits per heavy atom. The molecule has 2 aliphatic heterocycles. The highest BCUT2D eigenvalue weighted by Gasteiger charge is 2.55. The molecule has 1 aromatic carbocycles. The fraction of sp³-hybridized carbons (Fsp3) is 0.350. The van der Waals surface area contributed by atoms with Crippen LogP contribution < -0.4 is 16.4 Å². The molecule has 19 heteroatoms. The number of benzene rings is 1. The number of tetrazole rings is 1. The Kier molecular flexibility index (Phi) is 8.42. The van der Waals surface area contributed by atoms with E-state index in [4.69, 9.17) is 5.73 Å². The van der Waals surface area contributed by atoms with Gasteiger partial charge in [-0.05, 0) is 28.0 Å². The number of carbonyl (C=O) groups is 4. The molecular formula is C20H22N8O8S3. The van der Waals surface area contributed by atoms with E-state index in [-0.39, 0.29) is 35.1 Å². The van der Waals surface area contributed by atoms with Crippen molar-refractivity contribution >= 4 is 57.5 Å². The van der Waals surface area contributed by atoms with Crippen molar-refractivity contribution in [2.45, 2.75) is 33.5 Å². The van der Waals surface area contributed by atoms with Crippen LogP contribution in [0.3, 0.4) is 0 Å². The van der Waals surface area contributed by atoms with Crippen LogP contribution in [-0.4, -0.2) is 96.4 Å². The molecule has 7 N–H and O–H groups in total. The van der Waals surface area contributed by atoms with Gasteiger partial charge in [0.2, 0.25) is 11.1 Å². The number of amides is 4. The van der Waals surface area contributed by atoms with Crippen molar-refractivity contribution in [1.29, 1.82) is 0 Å². The van der Waals surface area contributed by atoms with E-state index in [1.807, 2.05) is 0 Å². The summed E-state index contributed by atoms with van der Waals surface area (Å²) in [6.07, 6.45) is 0.223. The standard InChI is InChI=1S/C20H22N8O8S3/c21-19(33)22-7-6-11(38-20-24-26-27-25-20)10-8-37-17-12(16(30)28(17)13(10)18(31)32)23-15(29)14(39(34,35)36)9-4-2-1-3-5-9/h1-5,11-12,14,17H,6-8H2,(H,23,29)(H,31,32)(H3,21,22,33)(H,34,35,36)(H,24,25,26,27)/t11?,12?,14?,17-/m0/s1. The van der Waals surface area contributed by atoms with Crippen LogP contribution in [-0.2, 0) is 24.5 Å². The Balaban J connectivity index is 1.58. The van der Waals surface area contributed by atoms with Gasteiger partial charge < -0.3 is 21.5 Å². The number of rotatable bonds is 11. The van der Waals surface area contributed by atoms with E-state index in [0.29, 0.717) is 5.57 Å². The third-order valence-corrected chi connectivity index (χ3v) is 9.40. The average molecular weight is 599 g/mol. The van der Waals surface area contributed by atoms with E-state index < -0.39 is 55.8 Å². The highest BCUT2D eigenvalue weighted by Crippen LogP contribution is 2.44. The quantitative estimate of drug-likeness (QED) is 0.104. The van der Waals surface area contributed by atoms with Gasteiger partial charge in [-0.15, -0.1) is 16.9 Å². The second kappa shape index (κ2) is 11.6. The van der Waals surface area contributed by atoms with Crippen LogP contribution in [0.15, 0.2) is 46.8 Å². The summed E-state index contributed by atoms with van der Waals surface area (Å²) in [7, 11) is -4.89. The molecule has 0 saturated carbocycles. The van der Waals surface area contributed by atoms with Crippen molar-refractivity contribution in [3.05, 3.63) is 47.2 Å². The summed E-state index contributed by atoms with van der Waals surface area (Å²) in [5.41, 5.74) is 5.19. The summed E-state index contributed by atoms with van der Waals surface area (Å²) in [6.45, 7) is 0.0994. The number of carbonyl (C=O) groups excluding carboxylic acids is 3. The first-order valence-corrected chi connectivity index (χ1v) is 14.6. The van der Waals surface area contributed by atoms with Crippen LogP contribution in [0, 0.1) is 0 Å². The lowest BCUT2D eigenvalue weighted by atomic mass is 10.00. The molecule has 0 bridgehead atoms. The molecule has 16 nitrogen and oxygen atoms in total. The summed E-state index contributed by atoms with van der Waals surface area (Å²) in [4.78, 5) is 50.5. The molecule has 4 amide bonds. The Bertz CT molecular complexity index is 1400. The van der Waals surface area contributed by atoms with E-state index in [9.17, 15) is 37.3 Å². The maximum absolute atomic E-state index is 13.1. The van der Waals surface area contributed by atoms with Crippen LogP contribution in [0.5, 0.6) is 0 Å². The van der Waals surface area contributed by atoms with Crippen LogP contribution in [0.2, 0.25) is 0 Å². The van der Waals surface area contributed by atoms with Crippen molar-refractivity contribution in [2.75, 3.05) is 12.3 Å². The lowest BCUT2D eigenvalue weighted by molar-refractivity contribution is -0.150. The number of aromatic nitrogens is 4. The molecule has 4 atom stereocenters. The number of aromatic amines is 1. The largest absolute Gasteiger partial charge is 0.477 e. The molecule has 0 aliphatic carbocycles. The minimum Gasteiger partial charge on any atom is -0.477 e. The minimum atomic E-state index is -4.89. The predicted molar refractivity (Wildman–Crippen MR) is 136 cm³/mol. The second-order valence-electron chi connectivity index (χ2n) is 8.27. The van der Waals surface area contributed by atoms with Crippen LogP contribution in [0.25, 0.3) is 0 Å². The number of nitrogens with one attached hydrogen (secondary N) is 3. The molecule has 1 fully saturated rings. The fourth-order valence-electron chi connectivity index (χ4n) is 4.17. The average Bonchev–Trinajstić information content (AvgIpc) is 3.38. The normalized spacial score (nSPS) is 20.4. The number of carboxylic acids is 1. The number of β-lactam (4-membered cyclic amide) rings is 1. The van der Waals surface area contributed by atoms with E-state index in [1.54, 1.807) is 6.07 Å². The molecule has 0 radical (unpaired) electrons. The molecule has 0 spiro atoms. The maximum Gasteiger partial charge on any atom is 0.352 e. The maximum atomic E-state index is 13.1. The van der Waals surface area contributed by atoms with Gasteiger partial charge in [0.1, 0.15) is 17.1 Å². The molecule has 39 heavy (non-hydrogen) atoms. The number of aliphatic carboxylic acids is 1. The number of hydrogen-bond acceptors (Lipinski definition) is 11. The highest BCUT2D eigenvalue weighted by atomic mass is 32.2. The summed E-state index contributed by atoms with van der Waals surface area (Å²) < 4.78 is 33.7. The van der Waals surface area contributed by atoms with Gasteiger partial charge >= 0.3 is 12.0 Å². The number of nitrogens with zero attached hydrogens (tertiary/aromatic N) is 4. The van der Waals surface area contributed by atoms with Crippen molar-refractivity contribution in [2.24, 2.45) is 5.73 Å². The van der Waals surface area contributed by atoms with Gasteiger partial charge in [0.15, 0.2) is 5.25 Å². The number of nitrogens with two attached hydrogens (primary N) is 1. The summed E-state index contributed by atoms with van der Waals surface area (Å²) >= 11 is 2.26. The van der Waals surface area contributed by atoms with E-state index in [1.165, 1.54) is 24.3 Å². The molecule has 2 aromatic rings. The van der Waals surface area contributed by atoms with Gasteiger partial charge in [0.25, 0.3) is 16.0 Å². The van der Waals surface area contributed by atoms with E-state index in [0.717, 1.165) is 28.4 Å². The van der Waals surface area contributed by atoms with Gasteiger partial charge in [-0.3, -0.25) is 19.0 Å². The van der Waals surface area contributed by atoms with Crippen molar-refractivity contribution in [3.8, 4) is 0 Å². The van der Waals surface area contributed by atoms with Gasteiger partial charge in [0.05, 0.1) is 0 Å². The lowest BCUT2D eigenvalue weighted by Crippen LogP contribution is -2.71. The topological polar surface area (TPSA) is 251 Å². The zero-order valence-corrected chi connectivity index (χ0v) is 22.2. The van der Waals surface area contributed by atoms with Crippen LogP contribution in [0.1, 0.15) is 17.2 Å². The molecule has 1 saturated heterocycles. The third-order valence-electron chi connectivity index (χ3n) is 5.81. The van der Waals surface area contributed by atoms with E-state index >= 15 is 0 Å². The molecule has 208 valence electrons. The minimum absolute atomic E-state index is 0.00262. The fourth-order valence-corrected chi connectivity index (χ4v) is 7.56. The number of urea groups is 1. The first kappa shape index (κ1) is 28.3. The van der Waals surface area contributed by atoms with Crippen molar-refractivity contribution < 1.29 is 37.3 Å². The Morgan fingerprint density at radius 2 is 2.00 bits per heavy atom. The number of thioether (sulfide) groups is 2. The van der Waals surface area contributed by atoms with Gasteiger partial charge in [0, 0.05) is 17.5 Å². The number of primary amides is 1. The Labute approximate surface area is 229 Å². The molecule has 2 aliphatic rings. The molecule has 1 aromatic heterocycles. The lowest BCUT2D eigenvalue weighted by Gasteiger charge is -2.50. The summed E-state index contributed by atoms with van der Waals surface area (Å²) in [5, 5.41) is 25.0. The molecule has 3 heterocycles. The van der Waals surface area contributed by atoms with E-state index in [2.05, 4.69) is 31.3 Å². The van der Waals surface area contributed by atoms with Crippen molar-refractivity contribution in [1.82, 2.24) is 36.2 Å². The zero-order chi connectivity index (χ0) is 28.3. The summed E-state index contributed by atoms with van der Waals surface area (Å²) in [5.74, 6) is -3.16. The first-order chi connectivity index (χ1) is 18.5. The number of carboxylic acid groups (broad SMARTS) is 1.